The van der Waals surface area contributed by atoms with Gasteiger partial charge in [-0.2, -0.15) is 0 Å². The summed E-state index contributed by atoms with van der Waals surface area (Å²) in [5.41, 5.74) is 3.29. The molecule has 1 atom stereocenters. The molecule has 3 rings (SSSR count). The van der Waals surface area contributed by atoms with E-state index >= 15 is 0 Å². The number of halogens is 1. The normalized spacial score (nSPS) is 20.0. The number of hydrogen-bond acceptors (Lipinski definition) is 3. The van der Waals surface area contributed by atoms with Gasteiger partial charge in [0.2, 0.25) is 0 Å². The van der Waals surface area contributed by atoms with Gasteiger partial charge in [-0.3, -0.25) is 4.90 Å². The van der Waals surface area contributed by atoms with Crippen LogP contribution in [0.2, 0.25) is 5.02 Å². The van der Waals surface area contributed by atoms with Crippen molar-refractivity contribution in [3.63, 3.8) is 0 Å². The van der Waals surface area contributed by atoms with E-state index in [1.54, 1.807) is 0 Å². The lowest BCUT2D eigenvalue weighted by molar-refractivity contribution is 0.213. The van der Waals surface area contributed by atoms with Crippen molar-refractivity contribution in [2.75, 3.05) is 27.2 Å². The molecule has 5 heteroatoms. The van der Waals surface area contributed by atoms with Crippen LogP contribution in [-0.2, 0) is 6.54 Å². The fraction of sp³-hybridized carbons (Fsp3) is 0.562. The molecule has 1 fully saturated rings. The van der Waals surface area contributed by atoms with Crippen molar-refractivity contribution in [3.05, 3.63) is 34.7 Å². The summed E-state index contributed by atoms with van der Waals surface area (Å²) in [6.45, 7) is 5.30. The second kappa shape index (κ2) is 5.95. The maximum atomic E-state index is 6.12. The third kappa shape index (κ3) is 3.07. The van der Waals surface area contributed by atoms with Crippen LogP contribution in [-0.4, -0.2) is 52.4 Å². The van der Waals surface area contributed by atoms with Crippen molar-refractivity contribution in [2.45, 2.75) is 32.4 Å². The largest absolute Gasteiger partial charge is 0.302 e. The Morgan fingerprint density at radius 1 is 1.43 bits per heavy atom. The molecule has 0 unspecified atom stereocenters. The maximum Gasteiger partial charge on any atom is 0.137 e. The highest BCUT2D eigenvalue weighted by Crippen LogP contribution is 2.19. The Balaban J connectivity index is 1.77. The highest BCUT2D eigenvalue weighted by Gasteiger charge is 2.22. The zero-order valence-electron chi connectivity index (χ0n) is 13.0. The van der Waals surface area contributed by atoms with Crippen LogP contribution < -0.4 is 0 Å². The molecular weight excluding hydrogens is 284 g/mol. The van der Waals surface area contributed by atoms with Gasteiger partial charge < -0.3 is 9.30 Å². The van der Waals surface area contributed by atoms with Crippen LogP contribution in [0.4, 0.5) is 0 Å². The van der Waals surface area contributed by atoms with E-state index in [4.69, 9.17) is 11.6 Å². The van der Waals surface area contributed by atoms with Crippen molar-refractivity contribution >= 4 is 17.2 Å². The molecule has 114 valence electrons. The molecule has 3 heterocycles. The predicted octanol–water partition coefficient (Wildman–Crippen LogP) is 2.82. The lowest BCUT2D eigenvalue weighted by atomic mass is 10.2. The van der Waals surface area contributed by atoms with Gasteiger partial charge in [0, 0.05) is 25.3 Å². The molecule has 0 spiro atoms. The highest BCUT2D eigenvalue weighted by atomic mass is 35.5. The molecule has 0 saturated carbocycles. The summed E-state index contributed by atoms with van der Waals surface area (Å²) in [7, 11) is 4.42. The number of hydrogen-bond donors (Lipinski definition) is 0. The number of aromatic nitrogens is 2. The van der Waals surface area contributed by atoms with Crippen molar-refractivity contribution < 1.29 is 0 Å². The minimum Gasteiger partial charge on any atom is -0.302 e. The highest BCUT2D eigenvalue weighted by molar-refractivity contribution is 6.30. The minimum atomic E-state index is 0.679. The van der Waals surface area contributed by atoms with E-state index in [0.717, 1.165) is 29.5 Å². The van der Waals surface area contributed by atoms with Gasteiger partial charge in [-0.15, -0.1) is 0 Å². The van der Waals surface area contributed by atoms with E-state index in [9.17, 15) is 0 Å². The van der Waals surface area contributed by atoms with Gasteiger partial charge >= 0.3 is 0 Å². The fourth-order valence-corrected chi connectivity index (χ4v) is 3.43. The van der Waals surface area contributed by atoms with Crippen LogP contribution in [0.5, 0.6) is 0 Å². The number of likely N-dealkylation sites (N-methyl/N-ethyl adjacent to an activating group) is 2. The van der Waals surface area contributed by atoms with Gasteiger partial charge in [-0.05, 0) is 52.5 Å². The summed E-state index contributed by atoms with van der Waals surface area (Å²) in [4.78, 5) is 9.48. The summed E-state index contributed by atoms with van der Waals surface area (Å²) in [6.07, 6.45) is 4.58. The molecule has 1 aliphatic rings. The second-order valence-corrected chi connectivity index (χ2v) is 6.63. The molecule has 0 aliphatic carbocycles. The molecule has 0 N–H and O–H groups in total. The zero-order chi connectivity index (χ0) is 15.0. The van der Waals surface area contributed by atoms with Crippen molar-refractivity contribution in [1.82, 2.24) is 19.2 Å². The molecule has 0 radical (unpaired) electrons. The third-order valence-corrected chi connectivity index (χ3v) is 4.72. The Kier molecular flexibility index (Phi) is 4.20. The van der Waals surface area contributed by atoms with E-state index in [-0.39, 0.29) is 0 Å². The number of imidazole rings is 1. The Morgan fingerprint density at radius 3 is 2.95 bits per heavy atom. The quantitative estimate of drug-likeness (QED) is 0.868. The summed E-state index contributed by atoms with van der Waals surface area (Å²) in [6, 6.07) is 4.55. The van der Waals surface area contributed by atoms with Crippen LogP contribution in [0, 0.1) is 6.92 Å². The molecule has 2 aromatic rings. The van der Waals surface area contributed by atoms with E-state index in [2.05, 4.69) is 40.2 Å². The fourth-order valence-electron chi connectivity index (χ4n) is 3.27. The smallest absolute Gasteiger partial charge is 0.137 e. The number of fused-ring (bicyclic) bond motifs is 1. The SMILES string of the molecule is Cc1nc2ccc(Cl)cn2c1CN(C)C[C@@H]1CCCN1C. The Hall–Kier alpha value is -1.10. The minimum absolute atomic E-state index is 0.679. The lowest BCUT2D eigenvalue weighted by Gasteiger charge is -2.25. The molecule has 0 aromatic carbocycles. The van der Waals surface area contributed by atoms with Gasteiger partial charge in [0.05, 0.1) is 16.4 Å². The number of nitrogens with zero attached hydrogens (tertiary/aromatic N) is 4. The summed E-state index contributed by atoms with van der Waals surface area (Å²) >= 11 is 6.12. The average Bonchev–Trinajstić information content (AvgIpc) is 2.96. The number of pyridine rings is 1. The number of likely N-dealkylation sites (tertiary alicyclic amines) is 1. The molecule has 0 amide bonds. The first-order valence-electron chi connectivity index (χ1n) is 7.56. The predicted molar refractivity (Wildman–Crippen MR) is 86.9 cm³/mol. The Labute approximate surface area is 131 Å². The summed E-state index contributed by atoms with van der Waals surface area (Å²) in [5, 5.41) is 0.749. The van der Waals surface area contributed by atoms with Gasteiger partial charge in [-0.1, -0.05) is 11.6 Å². The monoisotopic (exact) mass is 306 g/mol. The first-order valence-corrected chi connectivity index (χ1v) is 7.94. The second-order valence-electron chi connectivity index (χ2n) is 6.19. The van der Waals surface area contributed by atoms with E-state index in [1.807, 2.05) is 18.3 Å². The number of rotatable bonds is 4. The topological polar surface area (TPSA) is 23.8 Å². The summed E-state index contributed by atoms with van der Waals surface area (Å²) in [5.74, 6) is 0. The Morgan fingerprint density at radius 2 is 2.24 bits per heavy atom. The molecule has 1 aliphatic heterocycles. The van der Waals surface area contributed by atoms with Crippen LogP contribution in [0.3, 0.4) is 0 Å². The maximum absolute atomic E-state index is 6.12. The van der Waals surface area contributed by atoms with Crippen molar-refractivity contribution in [1.29, 1.82) is 0 Å². The Bertz CT molecular complexity index is 636. The van der Waals surface area contributed by atoms with Gasteiger partial charge in [-0.25, -0.2) is 4.98 Å². The van der Waals surface area contributed by atoms with E-state index in [0.29, 0.717) is 6.04 Å². The average molecular weight is 307 g/mol. The lowest BCUT2D eigenvalue weighted by Crippen LogP contribution is -2.36. The van der Waals surface area contributed by atoms with Crippen LogP contribution in [0.25, 0.3) is 5.65 Å². The zero-order valence-corrected chi connectivity index (χ0v) is 13.8. The molecule has 0 bridgehead atoms. The van der Waals surface area contributed by atoms with E-state index in [1.165, 1.54) is 25.1 Å². The van der Waals surface area contributed by atoms with Crippen molar-refractivity contribution in [2.24, 2.45) is 0 Å². The molecule has 4 nitrogen and oxygen atoms in total. The summed E-state index contributed by atoms with van der Waals surface area (Å²) < 4.78 is 2.12. The number of aryl methyl sites for hydroxylation is 1. The van der Waals surface area contributed by atoms with Crippen molar-refractivity contribution in [3.8, 4) is 0 Å². The molecule has 2 aromatic heterocycles. The third-order valence-electron chi connectivity index (χ3n) is 4.50. The van der Waals surface area contributed by atoms with Crippen LogP contribution >= 0.6 is 11.6 Å². The first kappa shape index (κ1) is 14.8. The van der Waals surface area contributed by atoms with Gasteiger partial charge in [0.1, 0.15) is 5.65 Å². The first-order chi connectivity index (χ1) is 10.0. The van der Waals surface area contributed by atoms with Gasteiger partial charge in [0.25, 0.3) is 0 Å². The standard InChI is InChI=1S/C16H23ClN4/c1-12-15(21-9-13(17)6-7-16(21)18-12)11-19(2)10-14-5-4-8-20(14)3/h6-7,9,14H,4-5,8,10-11H2,1-3H3/t14-/m0/s1. The molecular formula is C16H23ClN4. The van der Waals surface area contributed by atoms with Crippen LogP contribution in [0.15, 0.2) is 18.3 Å². The van der Waals surface area contributed by atoms with Gasteiger partial charge in [0.15, 0.2) is 0 Å². The molecule has 1 saturated heterocycles. The molecule has 21 heavy (non-hydrogen) atoms. The van der Waals surface area contributed by atoms with E-state index < -0.39 is 0 Å². The van der Waals surface area contributed by atoms with Crippen LogP contribution in [0.1, 0.15) is 24.2 Å².